The molecular formula is C11H13NO2. The molecule has 0 bridgehead atoms. The average Bonchev–Trinajstić information content (AvgIpc) is 2.15. The van der Waals surface area contributed by atoms with Crippen molar-refractivity contribution in [2.75, 3.05) is 12.3 Å². The second kappa shape index (κ2) is 4.46. The number of hydrogen-bond donors (Lipinski definition) is 1. The van der Waals surface area contributed by atoms with Gasteiger partial charge in [-0.1, -0.05) is 6.58 Å². The second-order valence-electron chi connectivity index (χ2n) is 3.16. The number of carbonyl (C=O) groups excluding carboxylic acids is 1. The summed E-state index contributed by atoms with van der Waals surface area (Å²) in [6.07, 6.45) is 0.749. The molecule has 0 heterocycles. The average molecular weight is 191 g/mol. The number of hydrogen-bond acceptors (Lipinski definition) is 3. The number of carbonyl (C=O) groups is 1. The Morgan fingerprint density at radius 2 is 2.36 bits per heavy atom. The van der Waals surface area contributed by atoms with E-state index in [1.165, 1.54) is 0 Å². The van der Waals surface area contributed by atoms with Gasteiger partial charge in [0.2, 0.25) is 0 Å². The molecule has 0 saturated heterocycles. The number of benzene rings is 1. The molecule has 0 aliphatic carbocycles. The molecular weight excluding hydrogens is 178 g/mol. The van der Waals surface area contributed by atoms with Crippen LogP contribution in [-0.2, 0) is 0 Å². The lowest BCUT2D eigenvalue weighted by Gasteiger charge is -2.08. The number of anilines is 1. The van der Waals surface area contributed by atoms with E-state index in [9.17, 15) is 4.79 Å². The third-order valence-corrected chi connectivity index (χ3v) is 1.64. The summed E-state index contributed by atoms with van der Waals surface area (Å²) in [4.78, 5) is 10.4. The van der Waals surface area contributed by atoms with Crippen LogP contribution in [0.15, 0.2) is 30.4 Å². The molecule has 0 aliphatic rings. The Morgan fingerprint density at radius 1 is 1.64 bits per heavy atom. The van der Waals surface area contributed by atoms with Gasteiger partial charge in [0, 0.05) is 5.56 Å². The minimum Gasteiger partial charge on any atom is -0.487 e. The lowest BCUT2D eigenvalue weighted by Crippen LogP contribution is -2.01. The quantitative estimate of drug-likeness (QED) is 0.450. The molecule has 1 aromatic carbocycles. The zero-order valence-corrected chi connectivity index (χ0v) is 8.12. The molecule has 1 rings (SSSR count). The van der Waals surface area contributed by atoms with Crippen LogP contribution in [0.25, 0.3) is 0 Å². The highest BCUT2D eigenvalue weighted by molar-refractivity contribution is 5.78. The molecule has 0 aromatic heterocycles. The first-order valence-corrected chi connectivity index (χ1v) is 4.25. The van der Waals surface area contributed by atoms with Crippen LogP contribution >= 0.6 is 0 Å². The first kappa shape index (κ1) is 10.3. The maximum Gasteiger partial charge on any atom is 0.150 e. The highest BCUT2D eigenvalue weighted by Crippen LogP contribution is 2.22. The molecule has 14 heavy (non-hydrogen) atoms. The lowest BCUT2D eigenvalue weighted by atomic mass is 10.2. The smallest absolute Gasteiger partial charge is 0.150 e. The van der Waals surface area contributed by atoms with Gasteiger partial charge in [0.15, 0.2) is 0 Å². The van der Waals surface area contributed by atoms with E-state index in [1.807, 2.05) is 6.92 Å². The van der Waals surface area contributed by atoms with Crippen LogP contribution < -0.4 is 10.5 Å². The van der Waals surface area contributed by atoms with Crippen molar-refractivity contribution in [3.8, 4) is 5.75 Å². The van der Waals surface area contributed by atoms with Gasteiger partial charge in [-0.2, -0.15) is 0 Å². The normalized spacial score (nSPS) is 9.50. The monoisotopic (exact) mass is 191 g/mol. The van der Waals surface area contributed by atoms with Crippen molar-refractivity contribution in [2.45, 2.75) is 6.92 Å². The molecule has 1 aromatic rings. The summed E-state index contributed by atoms with van der Waals surface area (Å²) in [5.41, 5.74) is 7.60. The Morgan fingerprint density at radius 3 is 2.86 bits per heavy atom. The van der Waals surface area contributed by atoms with Crippen molar-refractivity contribution in [3.63, 3.8) is 0 Å². The van der Waals surface area contributed by atoms with E-state index in [0.717, 1.165) is 11.9 Å². The van der Waals surface area contributed by atoms with E-state index in [-0.39, 0.29) is 0 Å². The predicted octanol–water partition coefficient (Wildman–Crippen LogP) is 2.04. The Balaban J connectivity index is 2.78. The molecule has 74 valence electrons. The Kier molecular flexibility index (Phi) is 3.29. The number of rotatable bonds is 4. The Labute approximate surface area is 83.2 Å². The number of nitrogens with two attached hydrogens (primary N) is 1. The van der Waals surface area contributed by atoms with E-state index in [1.54, 1.807) is 18.2 Å². The second-order valence-corrected chi connectivity index (χ2v) is 3.16. The first-order chi connectivity index (χ1) is 6.63. The molecule has 2 N–H and O–H groups in total. The molecule has 0 atom stereocenters. The number of aldehydes is 1. The lowest BCUT2D eigenvalue weighted by molar-refractivity contribution is 0.112. The molecule has 0 fully saturated rings. The summed E-state index contributed by atoms with van der Waals surface area (Å²) in [5.74, 6) is 0.582. The van der Waals surface area contributed by atoms with Crippen LogP contribution in [0.1, 0.15) is 17.3 Å². The van der Waals surface area contributed by atoms with Crippen LogP contribution in [0.5, 0.6) is 5.75 Å². The van der Waals surface area contributed by atoms with Gasteiger partial charge < -0.3 is 10.5 Å². The van der Waals surface area contributed by atoms with Crippen LogP contribution in [0.3, 0.4) is 0 Å². The Bertz CT molecular complexity index is 358. The third kappa shape index (κ3) is 2.62. The minimum absolute atomic E-state index is 0.435. The van der Waals surface area contributed by atoms with Gasteiger partial charge in [0.05, 0.1) is 5.69 Å². The van der Waals surface area contributed by atoms with Gasteiger partial charge in [-0.25, -0.2) is 0 Å². The summed E-state index contributed by atoms with van der Waals surface area (Å²) >= 11 is 0. The standard InChI is InChI=1S/C11H13NO2/c1-8(2)7-14-11-4-3-9(6-13)5-10(11)12/h3-6H,1,7,12H2,2H3. The van der Waals surface area contributed by atoms with Crippen LogP contribution in [-0.4, -0.2) is 12.9 Å². The van der Waals surface area contributed by atoms with Crippen molar-refractivity contribution in [2.24, 2.45) is 0 Å². The van der Waals surface area contributed by atoms with E-state index < -0.39 is 0 Å². The van der Waals surface area contributed by atoms with Crippen LogP contribution in [0.4, 0.5) is 5.69 Å². The fourth-order valence-electron chi connectivity index (χ4n) is 0.973. The van der Waals surface area contributed by atoms with E-state index in [0.29, 0.717) is 23.6 Å². The van der Waals surface area contributed by atoms with Gasteiger partial charge in [-0.3, -0.25) is 4.79 Å². The summed E-state index contributed by atoms with van der Waals surface area (Å²) in [5, 5.41) is 0. The molecule has 3 nitrogen and oxygen atoms in total. The van der Waals surface area contributed by atoms with Gasteiger partial charge in [0.1, 0.15) is 18.6 Å². The van der Waals surface area contributed by atoms with Crippen LogP contribution in [0.2, 0.25) is 0 Å². The van der Waals surface area contributed by atoms with Gasteiger partial charge in [0.25, 0.3) is 0 Å². The summed E-state index contributed by atoms with van der Waals surface area (Å²) < 4.78 is 5.36. The van der Waals surface area contributed by atoms with Crippen molar-refractivity contribution >= 4 is 12.0 Å². The fourth-order valence-corrected chi connectivity index (χ4v) is 0.973. The first-order valence-electron chi connectivity index (χ1n) is 4.25. The largest absolute Gasteiger partial charge is 0.487 e. The van der Waals surface area contributed by atoms with E-state index >= 15 is 0 Å². The molecule has 0 aliphatic heterocycles. The van der Waals surface area contributed by atoms with Crippen molar-refractivity contribution in [3.05, 3.63) is 35.9 Å². The highest BCUT2D eigenvalue weighted by Gasteiger charge is 2.01. The topological polar surface area (TPSA) is 52.3 Å². The molecule has 0 unspecified atom stereocenters. The van der Waals surface area contributed by atoms with Gasteiger partial charge in [-0.05, 0) is 30.7 Å². The number of nitrogen functional groups attached to an aromatic ring is 1. The minimum atomic E-state index is 0.435. The SMILES string of the molecule is C=C(C)COc1ccc(C=O)cc1N. The molecule has 0 amide bonds. The van der Waals surface area contributed by atoms with Gasteiger partial charge >= 0.3 is 0 Å². The highest BCUT2D eigenvalue weighted by atomic mass is 16.5. The van der Waals surface area contributed by atoms with Gasteiger partial charge in [-0.15, -0.1) is 0 Å². The predicted molar refractivity (Wildman–Crippen MR) is 56.6 cm³/mol. The zero-order chi connectivity index (χ0) is 10.6. The summed E-state index contributed by atoms with van der Waals surface area (Å²) in [6, 6.07) is 4.93. The zero-order valence-electron chi connectivity index (χ0n) is 8.12. The maximum atomic E-state index is 10.4. The van der Waals surface area contributed by atoms with Crippen molar-refractivity contribution < 1.29 is 9.53 Å². The maximum absolute atomic E-state index is 10.4. The van der Waals surface area contributed by atoms with Crippen molar-refractivity contribution in [1.29, 1.82) is 0 Å². The molecule has 3 heteroatoms. The van der Waals surface area contributed by atoms with Crippen LogP contribution in [0, 0.1) is 0 Å². The summed E-state index contributed by atoms with van der Waals surface area (Å²) in [7, 11) is 0. The van der Waals surface area contributed by atoms with E-state index in [4.69, 9.17) is 10.5 Å². The molecule has 0 saturated carbocycles. The molecule has 0 radical (unpaired) electrons. The summed E-state index contributed by atoms with van der Waals surface area (Å²) in [6.45, 7) is 6.02. The third-order valence-electron chi connectivity index (χ3n) is 1.64. The fraction of sp³-hybridized carbons (Fsp3) is 0.182. The number of ether oxygens (including phenoxy) is 1. The Hall–Kier alpha value is -1.77. The molecule has 0 spiro atoms. The van der Waals surface area contributed by atoms with Crippen molar-refractivity contribution in [1.82, 2.24) is 0 Å². The van der Waals surface area contributed by atoms with E-state index in [2.05, 4.69) is 6.58 Å².